The molecule has 0 aliphatic heterocycles. The van der Waals surface area contributed by atoms with Gasteiger partial charge in [0.2, 0.25) is 21.8 Å². The monoisotopic (exact) mass is 485 g/mol. The van der Waals surface area contributed by atoms with Gasteiger partial charge in [0, 0.05) is 29.9 Å². The average molecular weight is 486 g/mol. The number of hydrogen-bond donors (Lipinski definition) is 2. The van der Waals surface area contributed by atoms with Crippen molar-refractivity contribution in [1.29, 1.82) is 0 Å². The first kappa shape index (κ1) is 24.4. The van der Waals surface area contributed by atoms with Crippen molar-refractivity contribution < 1.29 is 18.0 Å². The summed E-state index contributed by atoms with van der Waals surface area (Å²) in [7, 11) is -3.99. The molecule has 0 aromatic heterocycles. The largest absolute Gasteiger partial charge is 0.326 e. The van der Waals surface area contributed by atoms with Crippen molar-refractivity contribution in [2.45, 2.75) is 25.3 Å². The number of amides is 2. The summed E-state index contributed by atoms with van der Waals surface area (Å²) in [5.41, 5.74) is 2.44. The zero-order valence-electron chi connectivity index (χ0n) is 18.2. The summed E-state index contributed by atoms with van der Waals surface area (Å²) in [5, 5.41) is 5.73. The van der Waals surface area contributed by atoms with Gasteiger partial charge in [-0.3, -0.25) is 9.59 Å². The summed E-state index contributed by atoms with van der Waals surface area (Å²) in [6, 6.07) is 19.9. The molecule has 0 atom stereocenters. The van der Waals surface area contributed by atoms with Gasteiger partial charge in [-0.2, -0.15) is 4.31 Å². The van der Waals surface area contributed by atoms with Gasteiger partial charge in [0.1, 0.15) is 0 Å². The van der Waals surface area contributed by atoms with Gasteiger partial charge in [0.05, 0.1) is 11.4 Å². The summed E-state index contributed by atoms with van der Waals surface area (Å²) in [4.78, 5) is 24.2. The molecule has 3 aromatic rings. The molecule has 3 aromatic carbocycles. The fourth-order valence-electron chi connectivity index (χ4n) is 3.14. The number of anilines is 2. The number of halogens is 1. The minimum atomic E-state index is -3.99. The molecule has 0 saturated heterocycles. The van der Waals surface area contributed by atoms with Crippen molar-refractivity contribution in [3.63, 3.8) is 0 Å². The van der Waals surface area contributed by atoms with Gasteiger partial charge in [0.15, 0.2) is 0 Å². The van der Waals surface area contributed by atoms with E-state index in [0.717, 1.165) is 9.87 Å². The minimum Gasteiger partial charge on any atom is -0.326 e. The lowest BCUT2D eigenvalue weighted by Crippen LogP contribution is -2.37. The van der Waals surface area contributed by atoms with Crippen LogP contribution in [0.4, 0.5) is 11.4 Å². The Hall–Kier alpha value is -3.20. The Labute approximate surface area is 198 Å². The predicted octanol–water partition coefficient (Wildman–Crippen LogP) is 4.44. The van der Waals surface area contributed by atoms with E-state index in [0.29, 0.717) is 22.0 Å². The van der Waals surface area contributed by atoms with E-state index >= 15 is 0 Å². The molecule has 0 fully saturated rings. The molecule has 7 nitrogen and oxygen atoms in total. The van der Waals surface area contributed by atoms with E-state index in [2.05, 4.69) is 10.6 Å². The Morgan fingerprint density at radius 3 is 2.18 bits per heavy atom. The van der Waals surface area contributed by atoms with Crippen LogP contribution >= 0.6 is 11.6 Å². The van der Waals surface area contributed by atoms with E-state index < -0.39 is 22.5 Å². The lowest BCUT2D eigenvalue weighted by Gasteiger charge is -2.22. The molecule has 0 spiro atoms. The molecular formula is C24H24ClN3O4S. The summed E-state index contributed by atoms with van der Waals surface area (Å²) >= 11 is 6.25. The topological polar surface area (TPSA) is 95.6 Å². The van der Waals surface area contributed by atoms with Crippen molar-refractivity contribution in [1.82, 2.24) is 4.31 Å². The van der Waals surface area contributed by atoms with Crippen LogP contribution in [-0.2, 0) is 26.2 Å². The summed E-state index contributed by atoms with van der Waals surface area (Å²) in [6.45, 7) is 2.75. The highest BCUT2D eigenvalue weighted by Crippen LogP contribution is 2.23. The molecule has 0 radical (unpaired) electrons. The molecule has 0 aliphatic carbocycles. The van der Waals surface area contributed by atoms with Gasteiger partial charge in [-0.05, 0) is 48.9 Å². The highest BCUT2D eigenvalue weighted by molar-refractivity contribution is 7.89. The lowest BCUT2D eigenvalue weighted by molar-refractivity contribution is -0.116. The Kier molecular flexibility index (Phi) is 7.86. The molecule has 0 saturated carbocycles. The molecular weight excluding hydrogens is 462 g/mol. The fourth-order valence-corrected chi connectivity index (χ4v) is 4.71. The molecule has 9 heteroatoms. The fraction of sp³-hybridized carbons (Fsp3) is 0.167. The Morgan fingerprint density at radius 2 is 1.55 bits per heavy atom. The molecule has 172 valence electrons. The van der Waals surface area contributed by atoms with E-state index in [9.17, 15) is 18.0 Å². The minimum absolute atomic E-state index is 0.0742. The van der Waals surface area contributed by atoms with Crippen LogP contribution in [-0.4, -0.2) is 31.1 Å². The Bertz CT molecular complexity index is 1260. The first-order valence-electron chi connectivity index (χ1n) is 10.1. The van der Waals surface area contributed by atoms with E-state index in [1.807, 2.05) is 6.92 Å². The number of rotatable bonds is 8. The average Bonchev–Trinajstić information content (AvgIpc) is 2.75. The summed E-state index contributed by atoms with van der Waals surface area (Å²) in [5.74, 6) is -0.772. The number of nitrogens with one attached hydrogen (secondary N) is 2. The van der Waals surface area contributed by atoms with Gasteiger partial charge in [-0.25, -0.2) is 8.42 Å². The van der Waals surface area contributed by atoms with Gasteiger partial charge in [-0.15, -0.1) is 0 Å². The van der Waals surface area contributed by atoms with Crippen molar-refractivity contribution >= 4 is 44.8 Å². The zero-order valence-corrected chi connectivity index (χ0v) is 19.8. The van der Waals surface area contributed by atoms with Gasteiger partial charge in [0.25, 0.3) is 0 Å². The van der Waals surface area contributed by atoms with Crippen molar-refractivity contribution in [2.24, 2.45) is 0 Å². The second-order valence-electron chi connectivity index (χ2n) is 7.49. The van der Waals surface area contributed by atoms with Crippen LogP contribution in [0.3, 0.4) is 0 Å². The molecule has 3 rings (SSSR count). The van der Waals surface area contributed by atoms with Gasteiger partial charge >= 0.3 is 0 Å². The lowest BCUT2D eigenvalue weighted by atomic mass is 10.2. The second kappa shape index (κ2) is 10.6. The third kappa shape index (κ3) is 6.64. The molecule has 0 bridgehead atoms. The Balaban J connectivity index is 1.86. The number of sulfonamides is 1. The third-order valence-electron chi connectivity index (χ3n) is 4.75. The van der Waals surface area contributed by atoms with Gasteiger partial charge < -0.3 is 10.6 Å². The van der Waals surface area contributed by atoms with Crippen LogP contribution < -0.4 is 10.6 Å². The molecule has 0 heterocycles. The van der Waals surface area contributed by atoms with E-state index in [1.165, 1.54) is 19.1 Å². The first-order valence-corrected chi connectivity index (χ1v) is 11.9. The number of benzene rings is 3. The smallest absolute Gasteiger partial charge is 0.243 e. The van der Waals surface area contributed by atoms with Crippen LogP contribution in [0.2, 0.25) is 5.02 Å². The number of carbonyl (C=O) groups is 2. The molecule has 2 amide bonds. The molecule has 33 heavy (non-hydrogen) atoms. The van der Waals surface area contributed by atoms with E-state index in [4.69, 9.17) is 11.6 Å². The molecule has 0 unspecified atom stereocenters. The van der Waals surface area contributed by atoms with Crippen LogP contribution in [0, 0.1) is 6.92 Å². The maximum Gasteiger partial charge on any atom is 0.243 e. The van der Waals surface area contributed by atoms with E-state index in [1.54, 1.807) is 60.7 Å². The first-order chi connectivity index (χ1) is 15.6. The number of aryl methyl sites for hydroxylation is 1. The second-order valence-corrected chi connectivity index (χ2v) is 9.83. The number of carbonyl (C=O) groups excluding carboxylic acids is 2. The predicted molar refractivity (Wildman–Crippen MR) is 130 cm³/mol. The third-order valence-corrected chi connectivity index (χ3v) is 6.92. The standard InChI is InChI=1S/C24H24ClN3O4S/c1-17-10-12-22(13-11-17)33(31,32)28(15-19-6-3-4-9-23(19)25)16-24(30)27-21-8-5-7-20(14-21)26-18(2)29/h3-14H,15-16H2,1-2H3,(H,26,29)(H,27,30). The molecule has 2 N–H and O–H groups in total. The van der Waals surface area contributed by atoms with Crippen LogP contribution in [0.15, 0.2) is 77.7 Å². The number of nitrogens with zero attached hydrogens (tertiary/aromatic N) is 1. The van der Waals surface area contributed by atoms with Crippen LogP contribution in [0.5, 0.6) is 0 Å². The highest BCUT2D eigenvalue weighted by Gasteiger charge is 2.27. The maximum atomic E-state index is 13.4. The SMILES string of the molecule is CC(=O)Nc1cccc(NC(=O)CN(Cc2ccccc2Cl)S(=O)(=O)c2ccc(C)cc2)c1. The van der Waals surface area contributed by atoms with Crippen molar-refractivity contribution in [3.05, 3.63) is 88.9 Å². The van der Waals surface area contributed by atoms with Crippen LogP contribution in [0.25, 0.3) is 0 Å². The number of hydrogen-bond acceptors (Lipinski definition) is 4. The summed E-state index contributed by atoms with van der Waals surface area (Å²) in [6.07, 6.45) is 0. The van der Waals surface area contributed by atoms with Crippen LogP contribution in [0.1, 0.15) is 18.1 Å². The van der Waals surface area contributed by atoms with Crippen molar-refractivity contribution in [2.75, 3.05) is 17.2 Å². The maximum absolute atomic E-state index is 13.4. The highest BCUT2D eigenvalue weighted by atomic mass is 35.5. The quantitative estimate of drug-likeness (QED) is 0.493. The zero-order chi connectivity index (χ0) is 24.0. The Morgan fingerprint density at radius 1 is 0.909 bits per heavy atom. The molecule has 0 aliphatic rings. The summed E-state index contributed by atoms with van der Waals surface area (Å²) < 4.78 is 27.8. The van der Waals surface area contributed by atoms with E-state index in [-0.39, 0.29) is 17.3 Å². The van der Waals surface area contributed by atoms with Gasteiger partial charge in [-0.1, -0.05) is 53.6 Å². The normalized spacial score (nSPS) is 11.3. The van der Waals surface area contributed by atoms with Crippen molar-refractivity contribution in [3.8, 4) is 0 Å².